The summed E-state index contributed by atoms with van der Waals surface area (Å²) in [5.74, 6) is -5.19. The average Bonchev–Trinajstić information content (AvgIpc) is 2.98. The first-order valence-corrected chi connectivity index (χ1v) is 14.7. The maximum Gasteiger partial charge on any atom is 0.239 e. The van der Waals surface area contributed by atoms with Crippen molar-refractivity contribution in [2.45, 2.75) is 38.3 Å². The van der Waals surface area contributed by atoms with Gasteiger partial charge in [-0.15, -0.1) is 0 Å². The Morgan fingerprint density at radius 1 is 1.11 bits per heavy atom. The molecule has 2 aromatic carbocycles. The number of nitrogens with zero attached hydrogens (tertiary/aromatic N) is 2. The maximum absolute atomic E-state index is 15.0. The van der Waals surface area contributed by atoms with Gasteiger partial charge < -0.3 is 4.90 Å². The van der Waals surface area contributed by atoms with E-state index in [9.17, 15) is 35.2 Å². The Labute approximate surface area is 213 Å². The summed E-state index contributed by atoms with van der Waals surface area (Å²) >= 11 is 0. The summed E-state index contributed by atoms with van der Waals surface area (Å²) in [5, 5.41) is 0. The van der Waals surface area contributed by atoms with Crippen LogP contribution in [-0.4, -0.2) is 57.2 Å². The number of nitrogens with one attached hydrogen (secondary N) is 1. The number of fused-ring (bicyclic) bond motifs is 1. The topological polar surface area (TPSA) is 130 Å². The predicted octanol–water partition coefficient (Wildman–Crippen LogP) is 2.84. The van der Waals surface area contributed by atoms with Gasteiger partial charge in [0.1, 0.15) is 17.4 Å². The lowest BCUT2D eigenvalue weighted by Gasteiger charge is -2.33. The molecule has 13 heteroatoms. The lowest BCUT2D eigenvalue weighted by atomic mass is 9.82. The number of carbonyl (C=O) groups excluding carboxylic acids is 2. The standard InChI is InChI=1S/C24H25F2N3O6S2/c1-24(2,3)22-21(30)19(23(31)29(22)11-13-5-7-14(25)8-6-13)17-12-37(34,35)18-10-15(28-36(4,32)33)9-16(26)20(18)27-17/h5-10,19,22,28H,11-12H2,1-4H3/t19?,22-/m1/s1. The number of aliphatic imine (C=N–C) groups is 1. The van der Waals surface area contributed by atoms with Gasteiger partial charge in [0.05, 0.1) is 34.3 Å². The first-order valence-electron chi connectivity index (χ1n) is 11.2. The number of Topliss-reactive ketones (excluding diaryl/α,β-unsaturated/α-hetero) is 1. The van der Waals surface area contributed by atoms with Crippen molar-refractivity contribution >= 4 is 48.6 Å². The third-order valence-corrected chi connectivity index (χ3v) is 8.34. The zero-order chi connectivity index (χ0) is 27.5. The van der Waals surface area contributed by atoms with Crippen LogP contribution in [-0.2, 0) is 36.0 Å². The van der Waals surface area contributed by atoms with E-state index in [0.717, 1.165) is 18.4 Å². The Hall–Kier alpha value is -3.19. The number of carbonyl (C=O) groups is 2. The summed E-state index contributed by atoms with van der Waals surface area (Å²) in [5.41, 5.74) is -1.36. The third-order valence-electron chi connectivity index (χ3n) is 6.08. The van der Waals surface area contributed by atoms with Gasteiger partial charge in [0.15, 0.2) is 21.4 Å². The molecule has 2 aliphatic rings. The summed E-state index contributed by atoms with van der Waals surface area (Å²) in [6.07, 6.45) is 0.829. The molecule has 198 valence electrons. The predicted molar refractivity (Wildman–Crippen MR) is 133 cm³/mol. The van der Waals surface area contributed by atoms with E-state index in [-0.39, 0.29) is 17.9 Å². The van der Waals surface area contributed by atoms with E-state index in [1.807, 2.05) is 4.72 Å². The van der Waals surface area contributed by atoms with E-state index in [1.54, 1.807) is 20.8 Å². The fourth-order valence-corrected chi connectivity index (χ4v) is 6.74. The van der Waals surface area contributed by atoms with Crippen LogP contribution >= 0.6 is 0 Å². The van der Waals surface area contributed by atoms with Crippen LogP contribution in [0.2, 0.25) is 0 Å². The molecular formula is C24H25F2N3O6S2. The molecule has 0 radical (unpaired) electrons. The Bertz CT molecular complexity index is 1550. The molecule has 2 atom stereocenters. The number of hydrogen-bond acceptors (Lipinski definition) is 7. The molecule has 37 heavy (non-hydrogen) atoms. The molecule has 0 bridgehead atoms. The number of likely N-dealkylation sites (tertiary alicyclic amines) is 1. The van der Waals surface area contributed by atoms with E-state index in [0.29, 0.717) is 5.56 Å². The first-order chi connectivity index (χ1) is 17.0. The highest BCUT2D eigenvalue weighted by Gasteiger charge is 2.54. The lowest BCUT2D eigenvalue weighted by Crippen LogP contribution is -2.44. The molecule has 1 amide bonds. The van der Waals surface area contributed by atoms with Crippen molar-refractivity contribution in [3.05, 3.63) is 53.6 Å². The van der Waals surface area contributed by atoms with Gasteiger partial charge in [0, 0.05) is 12.6 Å². The molecule has 0 aromatic heterocycles. The zero-order valence-electron chi connectivity index (χ0n) is 20.4. The molecule has 0 aliphatic carbocycles. The van der Waals surface area contributed by atoms with Gasteiger partial charge in [-0.2, -0.15) is 0 Å². The van der Waals surface area contributed by atoms with Crippen LogP contribution in [0, 0.1) is 23.0 Å². The van der Waals surface area contributed by atoms with Crippen LogP contribution in [0.5, 0.6) is 0 Å². The number of ketones is 1. The number of sulfone groups is 1. The molecule has 1 unspecified atom stereocenters. The fourth-order valence-electron chi connectivity index (χ4n) is 4.67. The summed E-state index contributed by atoms with van der Waals surface area (Å²) in [6, 6.07) is 6.21. The number of sulfonamides is 1. The van der Waals surface area contributed by atoms with Crippen molar-refractivity contribution in [3.63, 3.8) is 0 Å². The van der Waals surface area contributed by atoms with E-state index in [1.165, 1.54) is 29.2 Å². The smallest absolute Gasteiger partial charge is 0.239 e. The van der Waals surface area contributed by atoms with Crippen LogP contribution in [0.25, 0.3) is 0 Å². The second kappa shape index (κ2) is 8.98. The van der Waals surface area contributed by atoms with Gasteiger partial charge >= 0.3 is 0 Å². The number of rotatable bonds is 5. The number of anilines is 1. The second-order valence-corrected chi connectivity index (χ2v) is 13.9. The van der Waals surface area contributed by atoms with Crippen LogP contribution in [0.1, 0.15) is 26.3 Å². The van der Waals surface area contributed by atoms with Crippen LogP contribution < -0.4 is 4.72 Å². The van der Waals surface area contributed by atoms with Crippen LogP contribution in [0.4, 0.5) is 20.2 Å². The van der Waals surface area contributed by atoms with Gasteiger partial charge in [0.2, 0.25) is 15.9 Å². The Morgan fingerprint density at radius 2 is 1.73 bits per heavy atom. The van der Waals surface area contributed by atoms with Gasteiger partial charge in [-0.3, -0.25) is 19.3 Å². The normalized spacial score (nSPS) is 21.6. The minimum atomic E-state index is -4.28. The third kappa shape index (κ3) is 5.28. The van der Waals surface area contributed by atoms with Gasteiger partial charge in [0.25, 0.3) is 0 Å². The molecule has 2 heterocycles. The highest BCUT2D eigenvalue weighted by atomic mass is 32.2. The SMILES string of the molecule is CC(C)(C)[C@H]1C(=O)C(C2=Nc3c(F)cc(NS(C)(=O)=O)cc3S(=O)(=O)C2)C(=O)N1Cc1ccc(F)cc1. The molecule has 9 nitrogen and oxygen atoms in total. The second-order valence-electron chi connectivity index (χ2n) is 10.2. The molecule has 1 fully saturated rings. The minimum absolute atomic E-state index is 0.0191. The quantitative estimate of drug-likeness (QED) is 0.567. The van der Waals surface area contributed by atoms with Crippen molar-refractivity contribution in [1.82, 2.24) is 4.90 Å². The summed E-state index contributed by atoms with van der Waals surface area (Å²) in [6.45, 7) is 5.25. The molecule has 4 rings (SSSR count). The van der Waals surface area contributed by atoms with Crippen molar-refractivity contribution in [1.29, 1.82) is 0 Å². The number of hydrogen-bond donors (Lipinski definition) is 1. The van der Waals surface area contributed by atoms with E-state index < -0.39 is 76.9 Å². The van der Waals surface area contributed by atoms with Crippen molar-refractivity contribution < 1.29 is 35.2 Å². The molecule has 1 N–H and O–H groups in total. The van der Waals surface area contributed by atoms with Gasteiger partial charge in [-0.1, -0.05) is 32.9 Å². The first kappa shape index (κ1) is 26.9. The molecule has 2 aliphatic heterocycles. The minimum Gasteiger partial charge on any atom is -0.327 e. The summed E-state index contributed by atoms with van der Waals surface area (Å²) in [7, 11) is -8.09. The molecule has 0 saturated carbocycles. The lowest BCUT2D eigenvalue weighted by molar-refractivity contribution is -0.132. The Balaban J connectivity index is 1.78. The van der Waals surface area contributed by atoms with E-state index in [2.05, 4.69) is 4.99 Å². The van der Waals surface area contributed by atoms with Gasteiger partial charge in [-0.05, 0) is 29.2 Å². The maximum atomic E-state index is 15.0. The summed E-state index contributed by atoms with van der Waals surface area (Å²) < 4.78 is 79.6. The van der Waals surface area contributed by atoms with E-state index >= 15 is 0 Å². The largest absolute Gasteiger partial charge is 0.327 e. The molecule has 1 saturated heterocycles. The van der Waals surface area contributed by atoms with Crippen molar-refractivity contribution in [3.8, 4) is 0 Å². The summed E-state index contributed by atoms with van der Waals surface area (Å²) in [4.78, 5) is 32.0. The Morgan fingerprint density at radius 3 is 2.30 bits per heavy atom. The van der Waals surface area contributed by atoms with Crippen LogP contribution in [0.15, 0.2) is 46.3 Å². The number of benzene rings is 2. The van der Waals surface area contributed by atoms with Crippen molar-refractivity contribution in [2.75, 3.05) is 16.7 Å². The molecular weight excluding hydrogens is 528 g/mol. The zero-order valence-corrected chi connectivity index (χ0v) is 22.1. The monoisotopic (exact) mass is 553 g/mol. The molecule has 0 spiro atoms. The highest BCUT2D eigenvalue weighted by molar-refractivity contribution is 7.92. The van der Waals surface area contributed by atoms with E-state index in [4.69, 9.17) is 0 Å². The highest BCUT2D eigenvalue weighted by Crippen LogP contribution is 2.40. The fraction of sp³-hybridized carbons (Fsp3) is 0.375. The number of amides is 1. The average molecular weight is 554 g/mol. The number of halogens is 2. The molecule has 2 aromatic rings. The van der Waals surface area contributed by atoms with Gasteiger partial charge in [-0.25, -0.2) is 25.6 Å². The van der Waals surface area contributed by atoms with Crippen molar-refractivity contribution in [2.24, 2.45) is 16.3 Å². The Kier molecular flexibility index (Phi) is 6.52. The van der Waals surface area contributed by atoms with Crippen LogP contribution in [0.3, 0.4) is 0 Å².